The van der Waals surface area contributed by atoms with E-state index in [1.54, 1.807) is 6.07 Å². The lowest BCUT2D eigenvalue weighted by Crippen LogP contribution is -2.37. The van der Waals surface area contributed by atoms with Crippen LogP contribution in [0.15, 0.2) is 48.2 Å². The molecule has 0 atom stereocenters. The molecule has 0 bridgehead atoms. The van der Waals surface area contributed by atoms with Crippen LogP contribution in [0.4, 0.5) is 4.39 Å². The Morgan fingerprint density at radius 1 is 1.00 bits per heavy atom. The van der Waals surface area contributed by atoms with E-state index >= 15 is 0 Å². The van der Waals surface area contributed by atoms with Crippen LogP contribution in [0.1, 0.15) is 67.9 Å². The van der Waals surface area contributed by atoms with Gasteiger partial charge in [-0.3, -0.25) is 4.90 Å². The fraction of sp³-hybridized carbons (Fsp3) is 0.517. The van der Waals surface area contributed by atoms with Gasteiger partial charge in [0.15, 0.2) is 0 Å². The molecular weight excluding hydrogens is 395 g/mol. The van der Waals surface area contributed by atoms with Crippen molar-refractivity contribution in [2.75, 3.05) is 19.6 Å². The van der Waals surface area contributed by atoms with Crippen molar-refractivity contribution in [3.63, 3.8) is 0 Å². The molecule has 0 aromatic heterocycles. The SMILES string of the molecule is CC/C=C(/Cc1ccc2c(c1)CCN(Cc1ccc(C)c(F)c1)C2)N1CCC(C)(C)CC1. The molecule has 2 aromatic carbocycles. The van der Waals surface area contributed by atoms with Crippen LogP contribution in [-0.2, 0) is 25.9 Å². The van der Waals surface area contributed by atoms with Crippen LogP contribution in [0.5, 0.6) is 0 Å². The highest BCUT2D eigenvalue weighted by Gasteiger charge is 2.26. The zero-order chi connectivity index (χ0) is 22.7. The van der Waals surface area contributed by atoms with Gasteiger partial charge in [-0.25, -0.2) is 4.39 Å². The summed E-state index contributed by atoms with van der Waals surface area (Å²) in [7, 11) is 0. The highest BCUT2D eigenvalue weighted by Crippen LogP contribution is 2.32. The number of rotatable bonds is 6. The van der Waals surface area contributed by atoms with E-state index < -0.39 is 0 Å². The molecule has 0 radical (unpaired) electrons. The van der Waals surface area contributed by atoms with Crippen LogP contribution >= 0.6 is 0 Å². The first kappa shape index (κ1) is 23.0. The Labute approximate surface area is 194 Å². The minimum absolute atomic E-state index is 0.0993. The molecule has 4 rings (SSSR count). The minimum atomic E-state index is -0.0993. The van der Waals surface area contributed by atoms with Crippen LogP contribution in [-0.4, -0.2) is 29.4 Å². The number of nitrogens with zero attached hydrogens (tertiary/aromatic N) is 2. The zero-order valence-electron chi connectivity index (χ0n) is 20.4. The lowest BCUT2D eigenvalue weighted by atomic mass is 9.82. The molecule has 1 fully saturated rings. The van der Waals surface area contributed by atoms with Crippen molar-refractivity contribution in [2.24, 2.45) is 5.41 Å². The molecule has 1 saturated heterocycles. The number of hydrogen-bond donors (Lipinski definition) is 0. The van der Waals surface area contributed by atoms with Crippen LogP contribution in [0, 0.1) is 18.2 Å². The van der Waals surface area contributed by atoms with Crippen LogP contribution in [0.25, 0.3) is 0 Å². The average Bonchev–Trinajstić information content (AvgIpc) is 2.76. The van der Waals surface area contributed by atoms with Gasteiger partial charge >= 0.3 is 0 Å². The van der Waals surface area contributed by atoms with Gasteiger partial charge in [0.25, 0.3) is 0 Å². The van der Waals surface area contributed by atoms with Gasteiger partial charge in [0.1, 0.15) is 5.82 Å². The monoisotopic (exact) mass is 434 g/mol. The second-order valence-electron chi connectivity index (χ2n) is 10.6. The lowest BCUT2D eigenvalue weighted by Gasteiger charge is -2.39. The quantitative estimate of drug-likeness (QED) is 0.502. The summed E-state index contributed by atoms with van der Waals surface area (Å²) in [5.41, 5.74) is 8.11. The second kappa shape index (κ2) is 9.79. The number of benzene rings is 2. The summed E-state index contributed by atoms with van der Waals surface area (Å²) in [4.78, 5) is 5.06. The standard InChI is InChI=1S/C29H39FN2/c1-5-6-27(32-15-12-29(3,4)13-16-32)18-23-9-10-26-21-31(14-11-25(26)17-23)20-24-8-7-22(2)28(30)19-24/h6-10,17,19H,5,11-16,18,20-21H2,1-4H3/b27-6-. The summed E-state index contributed by atoms with van der Waals surface area (Å²) in [5.74, 6) is -0.0993. The molecule has 172 valence electrons. The van der Waals surface area contributed by atoms with E-state index in [0.717, 1.165) is 50.0 Å². The third-order valence-electron chi connectivity index (χ3n) is 7.35. The number of hydrogen-bond acceptors (Lipinski definition) is 2. The smallest absolute Gasteiger partial charge is 0.126 e. The second-order valence-corrected chi connectivity index (χ2v) is 10.6. The van der Waals surface area contributed by atoms with E-state index in [4.69, 9.17) is 0 Å². The molecule has 0 N–H and O–H groups in total. The van der Waals surface area contributed by atoms with E-state index in [1.807, 2.05) is 13.0 Å². The van der Waals surface area contributed by atoms with E-state index in [-0.39, 0.29) is 5.82 Å². The number of aryl methyl sites for hydroxylation is 1. The molecule has 3 heteroatoms. The Bertz CT molecular complexity index is 965. The number of piperidine rings is 1. The van der Waals surface area contributed by atoms with E-state index in [9.17, 15) is 4.39 Å². The van der Waals surface area contributed by atoms with Crippen molar-refractivity contribution in [3.05, 3.63) is 81.8 Å². The Balaban J connectivity index is 1.40. The third kappa shape index (κ3) is 5.61. The molecule has 32 heavy (non-hydrogen) atoms. The van der Waals surface area contributed by atoms with Crippen molar-refractivity contribution >= 4 is 0 Å². The van der Waals surface area contributed by atoms with Crippen LogP contribution in [0.2, 0.25) is 0 Å². The average molecular weight is 435 g/mol. The van der Waals surface area contributed by atoms with Crippen molar-refractivity contribution in [1.82, 2.24) is 9.80 Å². The first-order chi connectivity index (χ1) is 15.3. The topological polar surface area (TPSA) is 6.48 Å². The van der Waals surface area contributed by atoms with E-state index in [0.29, 0.717) is 5.41 Å². The van der Waals surface area contributed by atoms with Crippen LogP contribution < -0.4 is 0 Å². The lowest BCUT2D eigenvalue weighted by molar-refractivity contribution is 0.159. The predicted molar refractivity (Wildman–Crippen MR) is 132 cm³/mol. The molecule has 2 heterocycles. The molecule has 2 aliphatic rings. The maximum absolute atomic E-state index is 13.9. The number of likely N-dealkylation sites (tertiary alicyclic amines) is 1. The van der Waals surface area contributed by atoms with Gasteiger partial charge < -0.3 is 4.90 Å². The Hall–Kier alpha value is -2.13. The summed E-state index contributed by atoms with van der Waals surface area (Å²) in [6.07, 6.45) is 8.18. The van der Waals surface area contributed by atoms with Crippen molar-refractivity contribution in [1.29, 1.82) is 0 Å². The minimum Gasteiger partial charge on any atom is -0.375 e. The Morgan fingerprint density at radius 2 is 1.75 bits per heavy atom. The van der Waals surface area contributed by atoms with Gasteiger partial charge in [-0.1, -0.05) is 57.2 Å². The molecule has 2 aliphatic heterocycles. The summed E-state index contributed by atoms with van der Waals surface area (Å²) in [6, 6.07) is 12.7. The molecule has 2 nitrogen and oxygen atoms in total. The van der Waals surface area contributed by atoms with E-state index in [1.165, 1.54) is 48.3 Å². The van der Waals surface area contributed by atoms with Gasteiger partial charge in [0.2, 0.25) is 0 Å². The summed E-state index contributed by atoms with van der Waals surface area (Å²) in [5, 5.41) is 0. The van der Waals surface area contributed by atoms with Crippen molar-refractivity contribution in [2.45, 2.75) is 72.9 Å². The molecule has 0 aliphatic carbocycles. The van der Waals surface area contributed by atoms with E-state index in [2.05, 4.69) is 60.9 Å². The van der Waals surface area contributed by atoms with Gasteiger partial charge in [-0.05, 0) is 71.9 Å². The van der Waals surface area contributed by atoms with Gasteiger partial charge in [0.05, 0.1) is 0 Å². The normalized spacial score (nSPS) is 19.2. The van der Waals surface area contributed by atoms with Crippen LogP contribution in [0.3, 0.4) is 0 Å². The third-order valence-corrected chi connectivity index (χ3v) is 7.35. The molecule has 0 saturated carbocycles. The summed E-state index contributed by atoms with van der Waals surface area (Å²) < 4.78 is 13.9. The number of halogens is 1. The molecule has 0 spiro atoms. The molecule has 0 unspecified atom stereocenters. The zero-order valence-corrected chi connectivity index (χ0v) is 20.4. The highest BCUT2D eigenvalue weighted by atomic mass is 19.1. The summed E-state index contributed by atoms with van der Waals surface area (Å²) in [6.45, 7) is 14.0. The van der Waals surface area contributed by atoms with Crippen molar-refractivity contribution in [3.8, 4) is 0 Å². The highest BCUT2D eigenvalue weighted by molar-refractivity contribution is 5.36. The largest absolute Gasteiger partial charge is 0.375 e. The molecule has 2 aromatic rings. The van der Waals surface area contributed by atoms with Gasteiger partial charge in [-0.2, -0.15) is 0 Å². The van der Waals surface area contributed by atoms with Gasteiger partial charge in [0, 0.05) is 44.8 Å². The molecular formula is C29H39FN2. The van der Waals surface area contributed by atoms with Crippen molar-refractivity contribution < 1.29 is 4.39 Å². The maximum Gasteiger partial charge on any atom is 0.126 e. The first-order valence-electron chi connectivity index (χ1n) is 12.3. The first-order valence-corrected chi connectivity index (χ1v) is 12.3. The predicted octanol–water partition coefficient (Wildman–Crippen LogP) is 6.65. The van der Waals surface area contributed by atoms with Gasteiger partial charge in [-0.15, -0.1) is 0 Å². The number of allylic oxidation sites excluding steroid dienone is 2. The Morgan fingerprint density at radius 3 is 2.47 bits per heavy atom. The fourth-order valence-electron chi connectivity index (χ4n) is 5.06. The molecule has 0 amide bonds. The summed E-state index contributed by atoms with van der Waals surface area (Å²) >= 11 is 0. The fourth-order valence-corrected chi connectivity index (χ4v) is 5.06. The Kier molecular flexibility index (Phi) is 7.05. The number of fused-ring (bicyclic) bond motifs is 1. The maximum atomic E-state index is 13.9.